The van der Waals surface area contributed by atoms with Crippen LogP contribution in [0.4, 0.5) is 11.4 Å². The number of aliphatic hydroxyl groups is 1. The van der Waals surface area contributed by atoms with Crippen LogP contribution < -0.4 is 11.1 Å². The molecule has 0 aliphatic carbocycles. The smallest absolute Gasteiger partial charge is 0.0745 e. The Hall–Kier alpha value is -2.07. The standard InChI is InChI=1S/C13H15N3O/c14-11-6-12(8-15-7-11)16-13(9-17)10-4-2-1-3-5-10/h1-8,13,16-17H,9,14H2. The number of nitrogen functional groups attached to an aromatic ring is 1. The van der Waals surface area contributed by atoms with Gasteiger partial charge in [0.2, 0.25) is 0 Å². The Balaban J connectivity index is 2.16. The van der Waals surface area contributed by atoms with Gasteiger partial charge < -0.3 is 16.2 Å². The van der Waals surface area contributed by atoms with Crippen LogP contribution in [-0.4, -0.2) is 16.7 Å². The summed E-state index contributed by atoms with van der Waals surface area (Å²) < 4.78 is 0. The minimum Gasteiger partial charge on any atom is -0.397 e. The number of benzene rings is 1. The molecule has 2 aromatic rings. The number of hydrogen-bond acceptors (Lipinski definition) is 4. The molecule has 17 heavy (non-hydrogen) atoms. The number of hydrogen-bond donors (Lipinski definition) is 3. The van der Waals surface area contributed by atoms with Crippen LogP contribution in [0.1, 0.15) is 11.6 Å². The molecule has 2 rings (SSSR count). The number of nitrogens with two attached hydrogens (primary N) is 1. The Morgan fingerprint density at radius 1 is 1.24 bits per heavy atom. The van der Waals surface area contributed by atoms with Crippen LogP contribution in [0, 0.1) is 0 Å². The van der Waals surface area contributed by atoms with E-state index < -0.39 is 0 Å². The van der Waals surface area contributed by atoms with Crippen molar-refractivity contribution in [3.8, 4) is 0 Å². The van der Waals surface area contributed by atoms with Gasteiger partial charge in [0.25, 0.3) is 0 Å². The lowest BCUT2D eigenvalue weighted by atomic mass is 10.1. The maximum absolute atomic E-state index is 9.40. The summed E-state index contributed by atoms with van der Waals surface area (Å²) in [6.45, 7) is 0.0127. The van der Waals surface area contributed by atoms with Crippen LogP contribution in [0.2, 0.25) is 0 Å². The first-order chi connectivity index (χ1) is 8.29. The zero-order valence-electron chi connectivity index (χ0n) is 9.38. The summed E-state index contributed by atoms with van der Waals surface area (Å²) in [5, 5.41) is 12.6. The molecule has 0 radical (unpaired) electrons. The molecule has 88 valence electrons. The molecule has 1 aromatic carbocycles. The van der Waals surface area contributed by atoms with Crippen LogP contribution >= 0.6 is 0 Å². The second-order valence-electron chi connectivity index (χ2n) is 3.80. The summed E-state index contributed by atoms with van der Waals surface area (Å²) in [5.41, 5.74) is 8.07. The predicted octanol–water partition coefficient (Wildman–Crippen LogP) is 1.81. The minimum absolute atomic E-state index is 0.0127. The Morgan fingerprint density at radius 3 is 2.65 bits per heavy atom. The summed E-state index contributed by atoms with van der Waals surface area (Å²) in [5.74, 6) is 0. The summed E-state index contributed by atoms with van der Waals surface area (Å²) in [6.07, 6.45) is 3.27. The van der Waals surface area contributed by atoms with Crippen molar-refractivity contribution in [3.05, 3.63) is 54.4 Å². The second kappa shape index (κ2) is 5.32. The van der Waals surface area contributed by atoms with Gasteiger partial charge in [0.05, 0.1) is 30.2 Å². The van der Waals surface area contributed by atoms with Crippen molar-refractivity contribution in [1.29, 1.82) is 0 Å². The van der Waals surface area contributed by atoms with E-state index in [9.17, 15) is 5.11 Å². The zero-order chi connectivity index (χ0) is 12.1. The highest BCUT2D eigenvalue weighted by Crippen LogP contribution is 2.19. The van der Waals surface area contributed by atoms with E-state index in [-0.39, 0.29) is 12.6 Å². The molecular weight excluding hydrogens is 214 g/mol. The molecule has 0 saturated heterocycles. The van der Waals surface area contributed by atoms with Crippen LogP contribution in [-0.2, 0) is 0 Å². The van der Waals surface area contributed by atoms with Crippen molar-refractivity contribution in [3.63, 3.8) is 0 Å². The normalized spacial score (nSPS) is 12.1. The Morgan fingerprint density at radius 2 is 2.00 bits per heavy atom. The van der Waals surface area contributed by atoms with Gasteiger partial charge in [-0.15, -0.1) is 0 Å². The predicted molar refractivity (Wildman–Crippen MR) is 68.5 cm³/mol. The first kappa shape index (κ1) is 11.4. The van der Waals surface area contributed by atoms with E-state index in [2.05, 4.69) is 10.3 Å². The molecule has 0 saturated carbocycles. The van der Waals surface area contributed by atoms with E-state index in [1.54, 1.807) is 18.5 Å². The lowest BCUT2D eigenvalue weighted by molar-refractivity contribution is 0.276. The largest absolute Gasteiger partial charge is 0.397 e. The molecule has 1 unspecified atom stereocenters. The third-order valence-corrected chi connectivity index (χ3v) is 2.48. The van der Waals surface area contributed by atoms with E-state index in [1.165, 1.54) is 0 Å². The molecule has 0 spiro atoms. The van der Waals surface area contributed by atoms with Crippen LogP contribution in [0.15, 0.2) is 48.8 Å². The Bertz CT molecular complexity index is 473. The fourth-order valence-corrected chi connectivity index (χ4v) is 1.66. The molecule has 0 bridgehead atoms. The molecule has 1 heterocycles. The third-order valence-electron chi connectivity index (χ3n) is 2.48. The Kier molecular flexibility index (Phi) is 3.57. The summed E-state index contributed by atoms with van der Waals surface area (Å²) >= 11 is 0. The molecule has 1 atom stereocenters. The Labute approximate surface area is 100 Å². The summed E-state index contributed by atoms with van der Waals surface area (Å²) in [7, 11) is 0. The highest BCUT2D eigenvalue weighted by Gasteiger charge is 2.09. The molecule has 0 aliphatic rings. The van der Waals surface area contributed by atoms with Gasteiger partial charge in [0.15, 0.2) is 0 Å². The fourth-order valence-electron chi connectivity index (χ4n) is 1.66. The molecule has 0 aliphatic heterocycles. The molecular formula is C13H15N3O. The minimum atomic E-state index is -0.153. The quantitative estimate of drug-likeness (QED) is 0.747. The van der Waals surface area contributed by atoms with E-state index in [4.69, 9.17) is 5.73 Å². The van der Waals surface area contributed by atoms with Gasteiger partial charge in [0.1, 0.15) is 0 Å². The number of pyridine rings is 1. The second-order valence-corrected chi connectivity index (χ2v) is 3.80. The first-order valence-electron chi connectivity index (χ1n) is 5.42. The lowest BCUT2D eigenvalue weighted by Gasteiger charge is -2.17. The number of anilines is 2. The van der Waals surface area contributed by atoms with Crippen LogP contribution in [0.3, 0.4) is 0 Å². The molecule has 4 N–H and O–H groups in total. The number of nitrogens with zero attached hydrogens (tertiary/aromatic N) is 1. The van der Waals surface area contributed by atoms with Gasteiger partial charge in [-0.25, -0.2) is 0 Å². The SMILES string of the molecule is Nc1cncc(NC(CO)c2ccccc2)c1. The number of aromatic nitrogens is 1. The van der Waals surface area contributed by atoms with Crippen molar-refractivity contribution in [1.82, 2.24) is 4.98 Å². The van der Waals surface area contributed by atoms with Crippen molar-refractivity contribution < 1.29 is 5.11 Å². The maximum Gasteiger partial charge on any atom is 0.0745 e. The topological polar surface area (TPSA) is 71.2 Å². The lowest BCUT2D eigenvalue weighted by Crippen LogP contribution is -2.14. The summed E-state index contributed by atoms with van der Waals surface area (Å²) in [4.78, 5) is 4.00. The average Bonchev–Trinajstić information content (AvgIpc) is 2.37. The highest BCUT2D eigenvalue weighted by atomic mass is 16.3. The molecule has 4 heteroatoms. The van der Waals surface area contributed by atoms with Crippen LogP contribution in [0.5, 0.6) is 0 Å². The molecule has 4 nitrogen and oxygen atoms in total. The van der Waals surface area contributed by atoms with Gasteiger partial charge in [0, 0.05) is 6.20 Å². The van der Waals surface area contributed by atoms with Crippen molar-refractivity contribution in [2.75, 3.05) is 17.7 Å². The van der Waals surface area contributed by atoms with Gasteiger partial charge >= 0.3 is 0 Å². The number of nitrogens with one attached hydrogen (secondary N) is 1. The fraction of sp³-hybridized carbons (Fsp3) is 0.154. The van der Waals surface area contributed by atoms with Crippen molar-refractivity contribution in [2.45, 2.75) is 6.04 Å². The van der Waals surface area contributed by atoms with Gasteiger partial charge in [-0.2, -0.15) is 0 Å². The average molecular weight is 229 g/mol. The van der Waals surface area contributed by atoms with E-state index in [0.717, 1.165) is 11.3 Å². The van der Waals surface area contributed by atoms with E-state index in [1.807, 2.05) is 30.3 Å². The first-order valence-corrected chi connectivity index (χ1v) is 5.42. The van der Waals surface area contributed by atoms with Gasteiger partial charge in [-0.1, -0.05) is 30.3 Å². The van der Waals surface area contributed by atoms with Gasteiger partial charge in [-0.05, 0) is 11.6 Å². The summed E-state index contributed by atoms with van der Waals surface area (Å²) in [6, 6.07) is 11.4. The van der Waals surface area contributed by atoms with E-state index in [0.29, 0.717) is 5.69 Å². The molecule has 0 amide bonds. The van der Waals surface area contributed by atoms with E-state index >= 15 is 0 Å². The monoisotopic (exact) mass is 229 g/mol. The molecule has 0 fully saturated rings. The highest BCUT2D eigenvalue weighted by molar-refractivity contribution is 5.52. The molecule has 1 aromatic heterocycles. The maximum atomic E-state index is 9.40. The van der Waals surface area contributed by atoms with Crippen molar-refractivity contribution >= 4 is 11.4 Å². The van der Waals surface area contributed by atoms with Gasteiger partial charge in [-0.3, -0.25) is 4.98 Å². The zero-order valence-corrected chi connectivity index (χ0v) is 9.38. The number of rotatable bonds is 4. The van der Waals surface area contributed by atoms with Crippen LogP contribution in [0.25, 0.3) is 0 Å². The third kappa shape index (κ3) is 2.95. The van der Waals surface area contributed by atoms with Crippen molar-refractivity contribution in [2.24, 2.45) is 0 Å². The number of aliphatic hydroxyl groups excluding tert-OH is 1.